The molecule has 2 rings (SSSR count). The van der Waals surface area contributed by atoms with Gasteiger partial charge in [0.1, 0.15) is 0 Å². The summed E-state index contributed by atoms with van der Waals surface area (Å²) < 4.78 is 0. The highest BCUT2D eigenvalue weighted by molar-refractivity contribution is 5.96. The monoisotopic (exact) mass is 288 g/mol. The van der Waals surface area contributed by atoms with Crippen LogP contribution in [0.4, 0.5) is 0 Å². The number of carboxylic acid groups (broad SMARTS) is 1. The first-order chi connectivity index (χ1) is 10.1. The van der Waals surface area contributed by atoms with Crippen LogP contribution >= 0.6 is 0 Å². The first kappa shape index (κ1) is 15.3. The van der Waals surface area contributed by atoms with Gasteiger partial charge in [-0.25, -0.2) is 9.80 Å². The predicted molar refractivity (Wildman–Crippen MR) is 80.7 cm³/mol. The summed E-state index contributed by atoms with van der Waals surface area (Å²) in [5, 5.41) is 10.6. The van der Waals surface area contributed by atoms with Crippen LogP contribution in [0.15, 0.2) is 24.3 Å². The van der Waals surface area contributed by atoms with Gasteiger partial charge in [0.15, 0.2) is 0 Å². The summed E-state index contributed by atoms with van der Waals surface area (Å²) in [6.45, 7) is 3.63. The van der Waals surface area contributed by atoms with Gasteiger partial charge >= 0.3 is 5.97 Å². The van der Waals surface area contributed by atoms with Crippen molar-refractivity contribution in [2.75, 3.05) is 13.1 Å². The smallest absolute Gasteiger partial charge is 0.328 e. The van der Waals surface area contributed by atoms with Crippen molar-refractivity contribution in [3.63, 3.8) is 0 Å². The highest BCUT2D eigenvalue weighted by Gasteiger charge is 2.15. The maximum Gasteiger partial charge on any atom is 0.328 e. The third kappa shape index (κ3) is 4.43. The van der Waals surface area contributed by atoms with Crippen molar-refractivity contribution in [1.29, 1.82) is 0 Å². The number of hydrogen-bond acceptors (Lipinski definition) is 3. The fourth-order valence-electron chi connectivity index (χ4n) is 2.36. The minimum absolute atomic E-state index is 0.139. The summed E-state index contributed by atoms with van der Waals surface area (Å²) >= 11 is 0. The topological polar surface area (TPSA) is 69.6 Å². The molecule has 0 aromatic heterocycles. The molecule has 1 heterocycles. The molecule has 0 atom stereocenters. The summed E-state index contributed by atoms with van der Waals surface area (Å²) in [4.78, 5) is 22.9. The molecular weight excluding hydrogens is 268 g/mol. The normalized spacial score (nSPS) is 16.0. The molecule has 2 N–H and O–H groups in total. The molecular formula is C16H20N2O3. The minimum atomic E-state index is -1.00. The average Bonchev–Trinajstić information content (AvgIpc) is 2.47. The number of amides is 1. The summed E-state index contributed by atoms with van der Waals surface area (Å²) in [5.41, 5.74) is 5.07. The molecule has 0 radical (unpaired) electrons. The molecule has 1 fully saturated rings. The lowest BCUT2D eigenvalue weighted by molar-refractivity contribution is -0.131. The van der Waals surface area contributed by atoms with E-state index in [0.29, 0.717) is 11.1 Å². The molecule has 0 aliphatic carbocycles. The van der Waals surface area contributed by atoms with Gasteiger partial charge in [-0.1, -0.05) is 18.6 Å². The van der Waals surface area contributed by atoms with Crippen molar-refractivity contribution in [3.05, 3.63) is 41.0 Å². The van der Waals surface area contributed by atoms with E-state index in [1.807, 2.05) is 18.0 Å². The van der Waals surface area contributed by atoms with Gasteiger partial charge in [0.05, 0.1) is 0 Å². The molecule has 1 aliphatic heterocycles. The third-order valence-electron chi connectivity index (χ3n) is 3.54. The zero-order chi connectivity index (χ0) is 15.2. The summed E-state index contributed by atoms with van der Waals surface area (Å²) in [6.07, 6.45) is 5.96. The molecule has 1 amide bonds. The minimum Gasteiger partial charge on any atom is -0.478 e. The Morgan fingerprint density at radius 1 is 1.24 bits per heavy atom. The standard InChI is InChI=1S/C16H20N2O3/c1-12-5-6-13(7-8-15(19)20)11-14(12)16(21)17-18-9-3-2-4-10-18/h5-8,11H,2-4,9-10H2,1H3,(H,17,21)(H,19,20)/b8-7+. The van der Waals surface area contributed by atoms with Crippen molar-refractivity contribution < 1.29 is 14.7 Å². The maximum atomic E-state index is 12.3. The van der Waals surface area contributed by atoms with Crippen LogP contribution in [0, 0.1) is 6.92 Å². The summed E-state index contributed by atoms with van der Waals surface area (Å²) in [5.74, 6) is -1.14. The Bertz CT molecular complexity index is 561. The van der Waals surface area contributed by atoms with E-state index in [-0.39, 0.29) is 5.91 Å². The second kappa shape index (κ2) is 7.04. The van der Waals surface area contributed by atoms with Crippen molar-refractivity contribution in [2.24, 2.45) is 0 Å². The van der Waals surface area contributed by atoms with Crippen LogP contribution in [0.3, 0.4) is 0 Å². The molecule has 21 heavy (non-hydrogen) atoms. The number of nitrogens with one attached hydrogen (secondary N) is 1. The van der Waals surface area contributed by atoms with Crippen LogP contribution in [0.1, 0.15) is 40.7 Å². The van der Waals surface area contributed by atoms with Gasteiger partial charge < -0.3 is 5.11 Å². The van der Waals surface area contributed by atoms with Gasteiger partial charge in [0, 0.05) is 24.7 Å². The van der Waals surface area contributed by atoms with E-state index < -0.39 is 5.97 Å². The molecule has 1 saturated heterocycles. The van der Waals surface area contributed by atoms with Crippen LogP contribution in [0.5, 0.6) is 0 Å². The lowest BCUT2D eigenvalue weighted by Crippen LogP contribution is -2.45. The van der Waals surface area contributed by atoms with Gasteiger partial charge in [0.2, 0.25) is 0 Å². The zero-order valence-electron chi connectivity index (χ0n) is 12.1. The van der Waals surface area contributed by atoms with Gasteiger partial charge in [0.25, 0.3) is 5.91 Å². The first-order valence-electron chi connectivity index (χ1n) is 7.14. The van der Waals surface area contributed by atoms with Crippen LogP contribution in [-0.4, -0.2) is 35.1 Å². The number of nitrogens with zero attached hydrogens (tertiary/aromatic N) is 1. The van der Waals surface area contributed by atoms with E-state index in [1.165, 1.54) is 12.5 Å². The molecule has 5 nitrogen and oxygen atoms in total. The third-order valence-corrected chi connectivity index (χ3v) is 3.54. The van der Waals surface area contributed by atoms with E-state index in [1.54, 1.807) is 12.1 Å². The fraction of sp³-hybridized carbons (Fsp3) is 0.375. The molecule has 0 spiro atoms. The number of carbonyl (C=O) groups excluding carboxylic acids is 1. The number of piperidine rings is 1. The quantitative estimate of drug-likeness (QED) is 0.834. The Morgan fingerprint density at radius 2 is 1.95 bits per heavy atom. The molecule has 0 unspecified atom stereocenters. The first-order valence-corrected chi connectivity index (χ1v) is 7.14. The maximum absolute atomic E-state index is 12.3. The Kier molecular flexibility index (Phi) is 5.11. The van der Waals surface area contributed by atoms with E-state index >= 15 is 0 Å². The number of carbonyl (C=O) groups is 2. The molecule has 0 bridgehead atoms. The van der Waals surface area contributed by atoms with E-state index in [4.69, 9.17) is 5.11 Å². The van der Waals surface area contributed by atoms with Crippen molar-refractivity contribution >= 4 is 18.0 Å². The molecule has 1 aromatic rings. The predicted octanol–water partition coefficient (Wildman–Crippen LogP) is 2.22. The number of benzene rings is 1. The molecule has 112 valence electrons. The number of aryl methyl sites for hydroxylation is 1. The van der Waals surface area contributed by atoms with E-state index in [0.717, 1.165) is 37.6 Å². The Morgan fingerprint density at radius 3 is 2.62 bits per heavy atom. The average molecular weight is 288 g/mol. The summed E-state index contributed by atoms with van der Waals surface area (Å²) in [6, 6.07) is 5.34. The van der Waals surface area contributed by atoms with Gasteiger partial charge in [-0.2, -0.15) is 0 Å². The highest BCUT2D eigenvalue weighted by atomic mass is 16.4. The van der Waals surface area contributed by atoms with Crippen molar-refractivity contribution in [2.45, 2.75) is 26.2 Å². The number of rotatable bonds is 4. The molecule has 1 aliphatic rings. The lowest BCUT2D eigenvalue weighted by Gasteiger charge is -2.27. The largest absolute Gasteiger partial charge is 0.478 e. The van der Waals surface area contributed by atoms with Crippen LogP contribution in [0.25, 0.3) is 6.08 Å². The Balaban J connectivity index is 2.11. The highest BCUT2D eigenvalue weighted by Crippen LogP contribution is 2.14. The zero-order valence-corrected chi connectivity index (χ0v) is 12.1. The summed E-state index contributed by atoms with van der Waals surface area (Å²) in [7, 11) is 0. The lowest BCUT2D eigenvalue weighted by atomic mass is 10.0. The van der Waals surface area contributed by atoms with Crippen molar-refractivity contribution in [1.82, 2.24) is 10.4 Å². The van der Waals surface area contributed by atoms with Crippen LogP contribution < -0.4 is 5.43 Å². The van der Waals surface area contributed by atoms with Gasteiger partial charge in [-0.15, -0.1) is 0 Å². The number of hydrogen-bond donors (Lipinski definition) is 2. The SMILES string of the molecule is Cc1ccc(/C=C/C(=O)O)cc1C(=O)NN1CCCCC1. The molecule has 0 saturated carbocycles. The number of aliphatic carboxylic acids is 1. The van der Waals surface area contributed by atoms with Gasteiger partial charge in [-0.05, 0) is 43.0 Å². The van der Waals surface area contributed by atoms with Crippen molar-refractivity contribution in [3.8, 4) is 0 Å². The van der Waals surface area contributed by atoms with Gasteiger partial charge in [-0.3, -0.25) is 10.2 Å². The van der Waals surface area contributed by atoms with Crippen LogP contribution in [0.2, 0.25) is 0 Å². The Hall–Kier alpha value is -2.14. The fourth-order valence-corrected chi connectivity index (χ4v) is 2.36. The van der Waals surface area contributed by atoms with E-state index in [2.05, 4.69) is 5.43 Å². The number of hydrazine groups is 1. The Labute approximate surface area is 124 Å². The second-order valence-electron chi connectivity index (χ2n) is 5.23. The number of carboxylic acids is 1. The molecule has 1 aromatic carbocycles. The van der Waals surface area contributed by atoms with Crippen LogP contribution in [-0.2, 0) is 4.79 Å². The molecule has 5 heteroatoms. The second-order valence-corrected chi connectivity index (χ2v) is 5.23. The van der Waals surface area contributed by atoms with E-state index in [9.17, 15) is 9.59 Å².